The van der Waals surface area contributed by atoms with Gasteiger partial charge in [-0.25, -0.2) is 14.2 Å². The predicted molar refractivity (Wildman–Crippen MR) is 133 cm³/mol. The zero-order valence-electron chi connectivity index (χ0n) is 20.3. The number of imidazole rings is 1. The summed E-state index contributed by atoms with van der Waals surface area (Å²) >= 11 is 0. The van der Waals surface area contributed by atoms with Gasteiger partial charge >= 0.3 is 5.69 Å². The Balaban J connectivity index is 1.40. The molecular formula is C25H30FN7O2. The fourth-order valence-corrected chi connectivity index (χ4v) is 4.64. The molecule has 1 fully saturated rings. The number of nitrogens with zero attached hydrogens (tertiary/aromatic N) is 6. The van der Waals surface area contributed by atoms with Crippen molar-refractivity contribution >= 4 is 22.1 Å². The van der Waals surface area contributed by atoms with Crippen molar-refractivity contribution in [3.05, 3.63) is 46.8 Å². The number of fused-ring (bicyclic) bond motifs is 3. The molecule has 35 heavy (non-hydrogen) atoms. The quantitative estimate of drug-likeness (QED) is 0.408. The number of hydrogen-bond acceptors (Lipinski definition) is 7. The van der Waals surface area contributed by atoms with Crippen LogP contribution in [0.4, 0.5) is 4.39 Å². The molecule has 0 atom stereocenters. The molecule has 10 heteroatoms. The highest BCUT2D eigenvalue weighted by molar-refractivity contribution is 6.02. The van der Waals surface area contributed by atoms with Gasteiger partial charge in [-0.3, -0.25) is 9.13 Å². The highest BCUT2D eigenvalue weighted by atomic mass is 19.1. The second kappa shape index (κ2) is 9.71. The Hall–Kier alpha value is -3.37. The van der Waals surface area contributed by atoms with Gasteiger partial charge in [0.2, 0.25) is 5.88 Å². The number of hydrogen-bond donors (Lipinski definition) is 1. The molecule has 0 aliphatic carbocycles. The fraction of sp³-hybridized carbons (Fsp3) is 0.440. The van der Waals surface area contributed by atoms with E-state index in [1.165, 1.54) is 10.6 Å². The molecule has 0 saturated carbocycles. The van der Waals surface area contributed by atoms with Gasteiger partial charge in [0.05, 0.1) is 12.1 Å². The first-order valence-electron chi connectivity index (χ1n) is 12.0. The summed E-state index contributed by atoms with van der Waals surface area (Å²) < 4.78 is 24.0. The first-order valence-corrected chi connectivity index (χ1v) is 12.0. The summed E-state index contributed by atoms with van der Waals surface area (Å²) in [6.45, 7) is 9.66. The van der Waals surface area contributed by atoms with Crippen molar-refractivity contribution in [2.75, 3.05) is 39.3 Å². The number of rotatable bonds is 7. The summed E-state index contributed by atoms with van der Waals surface area (Å²) in [6, 6.07) is 6.56. The fourth-order valence-electron chi connectivity index (χ4n) is 4.64. The zero-order valence-corrected chi connectivity index (χ0v) is 20.3. The molecular weight excluding hydrogens is 449 g/mol. The van der Waals surface area contributed by atoms with E-state index < -0.39 is 5.82 Å². The number of pyridine rings is 1. The molecule has 184 valence electrons. The van der Waals surface area contributed by atoms with E-state index in [9.17, 15) is 4.79 Å². The first-order chi connectivity index (χ1) is 16.9. The van der Waals surface area contributed by atoms with E-state index in [1.54, 1.807) is 36.0 Å². The molecule has 4 heterocycles. The average molecular weight is 480 g/mol. The first kappa shape index (κ1) is 23.4. The lowest BCUT2D eigenvalue weighted by Crippen LogP contribution is -2.43. The molecule has 1 saturated heterocycles. The van der Waals surface area contributed by atoms with Crippen LogP contribution < -0.4 is 15.7 Å². The smallest absolute Gasteiger partial charge is 0.330 e. The molecule has 5 rings (SSSR count). The van der Waals surface area contributed by atoms with E-state index >= 15 is 4.39 Å². The third-order valence-electron chi connectivity index (χ3n) is 6.50. The number of benzene rings is 1. The van der Waals surface area contributed by atoms with Gasteiger partial charge in [0, 0.05) is 80.7 Å². The molecule has 4 aromatic rings. The minimum atomic E-state index is -0.424. The predicted octanol–water partition coefficient (Wildman–Crippen LogP) is 2.74. The van der Waals surface area contributed by atoms with Crippen LogP contribution in [0.1, 0.15) is 26.3 Å². The van der Waals surface area contributed by atoms with Crippen LogP contribution in [-0.4, -0.2) is 68.5 Å². The van der Waals surface area contributed by atoms with Crippen LogP contribution in [-0.2, 0) is 7.05 Å². The molecule has 0 bridgehead atoms. The summed E-state index contributed by atoms with van der Waals surface area (Å²) in [5, 5.41) is 12.4. The molecule has 1 aliphatic rings. The Labute approximate surface area is 202 Å². The molecule has 1 N–H and O–H groups in total. The van der Waals surface area contributed by atoms with Crippen LogP contribution in [0.15, 0.2) is 35.3 Å². The lowest BCUT2D eigenvalue weighted by molar-refractivity contribution is 0.211. The SMILES string of the molecule is CC(C)n1c(=O)n(C)c2nnc3cc(F)c(-c4ccc(OCCCN5CCNCC5)nc4)cc3c21. The van der Waals surface area contributed by atoms with Crippen molar-refractivity contribution < 1.29 is 9.13 Å². The number of aryl methyl sites for hydroxylation is 1. The van der Waals surface area contributed by atoms with Crippen LogP contribution >= 0.6 is 0 Å². The van der Waals surface area contributed by atoms with Crippen molar-refractivity contribution in [1.82, 2.24) is 34.5 Å². The Bertz CT molecular complexity index is 1410. The summed E-state index contributed by atoms with van der Waals surface area (Å²) in [5.74, 6) is 0.0900. The normalized spacial score (nSPS) is 14.9. The minimum absolute atomic E-state index is 0.0863. The number of piperazine rings is 1. The van der Waals surface area contributed by atoms with Gasteiger partial charge in [-0.05, 0) is 32.4 Å². The van der Waals surface area contributed by atoms with Crippen molar-refractivity contribution in [3.63, 3.8) is 0 Å². The molecule has 0 radical (unpaired) electrons. The molecule has 9 nitrogen and oxygen atoms in total. The molecule has 0 unspecified atom stereocenters. The maximum atomic E-state index is 15.1. The lowest BCUT2D eigenvalue weighted by atomic mass is 10.0. The van der Waals surface area contributed by atoms with Gasteiger partial charge in [0.1, 0.15) is 11.3 Å². The van der Waals surface area contributed by atoms with Crippen molar-refractivity contribution in [2.24, 2.45) is 7.05 Å². The minimum Gasteiger partial charge on any atom is -0.478 e. The van der Waals surface area contributed by atoms with Gasteiger partial charge < -0.3 is 15.0 Å². The number of halogens is 1. The van der Waals surface area contributed by atoms with Gasteiger partial charge in [-0.15, -0.1) is 10.2 Å². The summed E-state index contributed by atoms with van der Waals surface area (Å²) in [7, 11) is 1.67. The maximum absolute atomic E-state index is 15.1. The molecule has 1 aliphatic heterocycles. The van der Waals surface area contributed by atoms with E-state index in [0.29, 0.717) is 45.7 Å². The summed E-state index contributed by atoms with van der Waals surface area (Å²) in [5.41, 5.74) is 2.35. The van der Waals surface area contributed by atoms with E-state index in [0.717, 1.165) is 39.1 Å². The molecule has 0 spiro atoms. The third-order valence-corrected chi connectivity index (χ3v) is 6.50. The van der Waals surface area contributed by atoms with Crippen LogP contribution in [0.5, 0.6) is 5.88 Å². The Kier molecular flexibility index (Phi) is 6.48. The average Bonchev–Trinajstić information content (AvgIpc) is 3.13. The standard InChI is InChI=1S/C25H30FN7O2/c1-16(2)33-23-19-13-18(20(26)14-21(19)29-30-24(23)31(3)25(33)34)17-5-6-22(28-15-17)35-12-4-9-32-10-7-27-8-11-32/h5-6,13-16,27H,4,7-12H2,1-3H3. The van der Waals surface area contributed by atoms with E-state index in [4.69, 9.17) is 4.74 Å². The lowest BCUT2D eigenvalue weighted by Gasteiger charge is -2.26. The van der Waals surface area contributed by atoms with E-state index in [1.807, 2.05) is 13.8 Å². The molecule has 1 aromatic carbocycles. The highest BCUT2D eigenvalue weighted by Gasteiger charge is 2.20. The number of nitrogens with one attached hydrogen (secondary N) is 1. The Morgan fingerprint density at radius 3 is 2.69 bits per heavy atom. The van der Waals surface area contributed by atoms with Gasteiger partial charge in [0.15, 0.2) is 5.65 Å². The largest absolute Gasteiger partial charge is 0.478 e. The monoisotopic (exact) mass is 479 g/mol. The maximum Gasteiger partial charge on any atom is 0.330 e. The van der Waals surface area contributed by atoms with Gasteiger partial charge in [-0.2, -0.15) is 0 Å². The van der Waals surface area contributed by atoms with Crippen LogP contribution in [0.2, 0.25) is 0 Å². The topological polar surface area (TPSA) is 90.1 Å². The summed E-state index contributed by atoms with van der Waals surface area (Å²) in [4.78, 5) is 19.6. The number of aromatic nitrogens is 5. The van der Waals surface area contributed by atoms with E-state index in [2.05, 4.69) is 25.4 Å². The molecule has 3 aromatic heterocycles. The van der Waals surface area contributed by atoms with Crippen molar-refractivity contribution in [2.45, 2.75) is 26.3 Å². The summed E-state index contributed by atoms with van der Waals surface area (Å²) in [6.07, 6.45) is 2.54. The highest BCUT2D eigenvalue weighted by Crippen LogP contribution is 2.31. The second-order valence-corrected chi connectivity index (χ2v) is 9.21. The Morgan fingerprint density at radius 1 is 1.17 bits per heavy atom. The second-order valence-electron chi connectivity index (χ2n) is 9.21. The van der Waals surface area contributed by atoms with Gasteiger partial charge in [-0.1, -0.05) is 0 Å². The van der Waals surface area contributed by atoms with Crippen LogP contribution in [0.3, 0.4) is 0 Å². The van der Waals surface area contributed by atoms with Gasteiger partial charge in [0.25, 0.3) is 0 Å². The third kappa shape index (κ3) is 4.51. The van der Waals surface area contributed by atoms with E-state index in [-0.39, 0.29) is 11.7 Å². The van der Waals surface area contributed by atoms with Crippen molar-refractivity contribution in [3.8, 4) is 17.0 Å². The zero-order chi connectivity index (χ0) is 24.5. The number of ether oxygens (including phenoxy) is 1. The Morgan fingerprint density at radius 2 is 1.97 bits per heavy atom. The van der Waals surface area contributed by atoms with Crippen LogP contribution in [0.25, 0.3) is 33.2 Å². The van der Waals surface area contributed by atoms with Crippen LogP contribution in [0, 0.1) is 5.82 Å². The molecule has 0 amide bonds. The van der Waals surface area contributed by atoms with Crippen molar-refractivity contribution in [1.29, 1.82) is 0 Å².